The number of nitrogens with zero attached hydrogens (tertiary/aromatic N) is 1. The maximum atomic E-state index is 5.31. The molecule has 0 radical (unpaired) electrons. The minimum Gasteiger partial charge on any atom is -0.379 e. The van der Waals surface area contributed by atoms with E-state index in [0.717, 1.165) is 39.3 Å². The van der Waals surface area contributed by atoms with E-state index in [1.54, 1.807) is 0 Å². The Bertz CT molecular complexity index is 165. The van der Waals surface area contributed by atoms with Crippen molar-refractivity contribution >= 4 is 0 Å². The summed E-state index contributed by atoms with van der Waals surface area (Å²) >= 11 is 0. The van der Waals surface area contributed by atoms with Crippen LogP contribution in [-0.4, -0.2) is 44.3 Å². The van der Waals surface area contributed by atoms with Gasteiger partial charge < -0.3 is 10.5 Å². The summed E-state index contributed by atoms with van der Waals surface area (Å²) in [6.45, 7) is 5.24. The Morgan fingerprint density at radius 3 is 2.67 bits per heavy atom. The average Bonchev–Trinajstić information content (AvgIpc) is 2.14. The second kappa shape index (κ2) is 6.01. The summed E-state index contributed by atoms with van der Waals surface area (Å²) in [6, 6.07) is 0. The third-order valence-electron chi connectivity index (χ3n) is 1.80. The molecule has 1 rings (SSSR count). The first-order chi connectivity index (χ1) is 5.93. The first-order valence-corrected chi connectivity index (χ1v) is 4.39. The van der Waals surface area contributed by atoms with Crippen LogP contribution in [0.2, 0.25) is 0 Å². The molecule has 1 aliphatic rings. The van der Waals surface area contributed by atoms with Gasteiger partial charge in [0.15, 0.2) is 0 Å². The molecule has 0 aromatic rings. The molecule has 0 unspecified atom stereocenters. The Morgan fingerprint density at radius 1 is 1.25 bits per heavy atom. The molecular formula is C9H16N2O. The van der Waals surface area contributed by atoms with Crippen molar-refractivity contribution in [2.75, 3.05) is 39.4 Å². The minimum atomic E-state index is 0.663. The van der Waals surface area contributed by atoms with Crippen molar-refractivity contribution in [3.63, 3.8) is 0 Å². The number of hydrogen-bond acceptors (Lipinski definition) is 3. The number of hydrogen-bond donors (Lipinski definition) is 1. The highest BCUT2D eigenvalue weighted by Gasteiger charge is 2.07. The summed E-state index contributed by atoms with van der Waals surface area (Å²) in [5.74, 6) is 6.12. The van der Waals surface area contributed by atoms with Crippen molar-refractivity contribution in [2.45, 2.75) is 6.42 Å². The minimum absolute atomic E-state index is 0.663. The fraction of sp³-hybridized carbons (Fsp3) is 0.778. The predicted molar refractivity (Wildman–Crippen MR) is 48.7 cm³/mol. The summed E-state index contributed by atoms with van der Waals surface area (Å²) < 4.78 is 5.22. The molecule has 2 N–H and O–H groups in total. The van der Waals surface area contributed by atoms with Gasteiger partial charge in [0, 0.05) is 26.1 Å². The van der Waals surface area contributed by atoms with E-state index < -0.39 is 0 Å². The van der Waals surface area contributed by atoms with Crippen LogP contribution in [0.1, 0.15) is 6.42 Å². The molecule has 1 aliphatic heterocycles. The van der Waals surface area contributed by atoms with Gasteiger partial charge in [-0.2, -0.15) is 0 Å². The van der Waals surface area contributed by atoms with Crippen LogP contribution in [0.5, 0.6) is 0 Å². The number of rotatable bonds is 2. The molecule has 0 atom stereocenters. The second-order valence-electron chi connectivity index (χ2n) is 2.78. The van der Waals surface area contributed by atoms with Crippen LogP contribution in [-0.2, 0) is 4.74 Å². The van der Waals surface area contributed by atoms with Crippen molar-refractivity contribution in [3.8, 4) is 11.8 Å². The zero-order valence-corrected chi connectivity index (χ0v) is 7.38. The van der Waals surface area contributed by atoms with E-state index in [0.29, 0.717) is 6.54 Å². The highest BCUT2D eigenvalue weighted by Crippen LogP contribution is 1.94. The summed E-state index contributed by atoms with van der Waals surface area (Å²) in [5.41, 5.74) is 5.31. The van der Waals surface area contributed by atoms with Crippen LogP contribution < -0.4 is 5.73 Å². The Balaban J connectivity index is 2.09. The molecule has 0 aliphatic carbocycles. The highest BCUT2D eigenvalue weighted by molar-refractivity contribution is 5.01. The Labute approximate surface area is 73.9 Å². The maximum Gasteiger partial charge on any atom is 0.0603 e. The fourth-order valence-corrected chi connectivity index (χ4v) is 1.09. The molecule has 0 bridgehead atoms. The predicted octanol–water partition coefficient (Wildman–Crippen LogP) is -0.329. The molecule has 0 aromatic heterocycles. The normalized spacial score (nSPS) is 18.4. The third kappa shape index (κ3) is 3.72. The van der Waals surface area contributed by atoms with Crippen molar-refractivity contribution in [1.29, 1.82) is 0 Å². The standard InChI is InChI=1S/C9H16N2O/c10-4-2-1-3-5-11-6-8-12-9-7-11/h2,4-10H2. The Hall–Kier alpha value is -0.560. The number of ether oxygens (including phenoxy) is 1. The lowest BCUT2D eigenvalue weighted by atomic mass is 10.4. The van der Waals surface area contributed by atoms with Gasteiger partial charge in [0.1, 0.15) is 0 Å². The van der Waals surface area contributed by atoms with Crippen molar-refractivity contribution < 1.29 is 4.74 Å². The monoisotopic (exact) mass is 168 g/mol. The zero-order valence-electron chi connectivity index (χ0n) is 7.38. The molecule has 12 heavy (non-hydrogen) atoms. The Kier molecular flexibility index (Phi) is 4.77. The van der Waals surface area contributed by atoms with E-state index in [1.807, 2.05) is 0 Å². The SMILES string of the molecule is NCCC#CCN1CCOCC1. The molecule has 3 heteroatoms. The van der Waals surface area contributed by atoms with Gasteiger partial charge in [-0.15, -0.1) is 5.92 Å². The van der Waals surface area contributed by atoms with E-state index in [9.17, 15) is 0 Å². The van der Waals surface area contributed by atoms with Crippen LogP contribution >= 0.6 is 0 Å². The molecule has 0 spiro atoms. The van der Waals surface area contributed by atoms with Crippen LogP contribution in [0.15, 0.2) is 0 Å². The molecule has 1 saturated heterocycles. The average molecular weight is 168 g/mol. The van der Waals surface area contributed by atoms with Gasteiger partial charge in [-0.3, -0.25) is 4.90 Å². The second-order valence-corrected chi connectivity index (χ2v) is 2.78. The van der Waals surface area contributed by atoms with Gasteiger partial charge in [0.25, 0.3) is 0 Å². The summed E-state index contributed by atoms with van der Waals surface area (Å²) in [7, 11) is 0. The van der Waals surface area contributed by atoms with E-state index in [4.69, 9.17) is 10.5 Å². The fourth-order valence-electron chi connectivity index (χ4n) is 1.09. The van der Waals surface area contributed by atoms with Gasteiger partial charge >= 0.3 is 0 Å². The van der Waals surface area contributed by atoms with Crippen molar-refractivity contribution in [3.05, 3.63) is 0 Å². The van der Waals surface area contributed by atoms with E-state index in [1.165, 1.54) is 0 Å². The molecular weight excluding hydrogens is 152 g/mol. The van der Waals surface area contributed by atoms with Crippen molar-refractivity contribution in [2.24, 2.45) is 5.73 Å². The topological polar surface area (TPSA) is 38.5 Å². The lowest BCUT2D eigenvalue weighted by molar-refractivity contribution is 0.0443. The summed E-state index contributed by atoms with van der Waals surface area (Å²) in [4.78, 5) is 2.30. The maximum absolute atomic E-state index is 5.31. The van der Waals surface area contributed by atoms with Gasteiger partial charge in [0.05, 0.1) is 19.8 Å². The largest absolute Gasteiger partial charge is 0.379 e. The lowest BCUT2D eigenvalue weighted by Crippen LogP contribution is -2.36. The molecule has 0 saturated carbocycles. The summed E-state index contributed by atoms with van der Waals surface area (Å²) in [6.07, 6.45) is 0.810. The van der Waals surface area contributed by atoms with Crippen LogP contribution in [0.3, 0.4) is 0 Å². The third-order valence-corrected chi connectivity index (χ3v) is 1.80. The molecule has 1 fully saturated rings. The first kappa shape index (κ1) is 9.53. The lowest BCUT2D eigenvalue weighted by Gasteiger charge is -2.24. The van der Waals surface area contributed by atoms with Gasteiger partial charge in [-0.1, -0.05) is 5.92 Å². The van der Waals surface area contributed by atoms with Crippen LogP contribution in [0, 0.1) is 11.8 Å². The molecule has 0 amide bonds. The van der Waals surface area contributed by atoms with Crippen LogP contribution in [0.4, 0.5) is 0 Å². The molecule has 0 aromatic carbocycles. The van der Waals surface area contributed by atoms with Crippen LogP contribution in [0.25, 0.3) is 0 Å². The molecule has 1 heterocycles. The molecule has 68 valence electrons. The van der Waals surface area contributed by atoms with Gasteiger partial charge in [0.2, 0.25) is 0 Å². The molecule has 3 nitrogen and oxygen atoms in total. The summed E-state index contributed by atoms with van der Waals surface area (Å²) in [5, 5.41) is 0. The quantitative estimate of drug-likeness (QED) is 0.574. The zero-order chi connectivity index (χ0) is 8.65. The smallest absolute Gasteiger partial charge is 0.0603 e. The van der Waals surface area contributed by atoms with Gasteiger partial charge in [-0.05, 0) is 0 Å². The van der Waals surface area contributed by atoms with E-state index in [-0.39, 0.29) is 0 Å². The first-order valence-electron chi connectivity index (χ1n) is 4.39. The van der Waals surface area contributed by atoms with Gasteiger partial charge in [-0.25, -0.2) is 0 Å². The number of morpholine rings is 1. The van der Waals surface area contributed by atoms with E-state index in [2.05, 4.69) is 16.7 Å². The Morgan fingerprint density at radius 2 is 2.00 bits per heavy atom. The van der Waals surface area contributed by atoms with E-state index >= 15 is 0 Å². The number of nitrogens with two attached hydrogens (primary N) is 1. The highest BCUT2D eigenvalue weighted by atomic mass is 16.5. The van der Waals surface area contributed by atoms with Crippen molar-refractivity contribution in [1.82, 2.24) is 4.90 Å².